The molecule has 2 aromatic rings. The van der Waals surface area contributed by atoms with Gasteiger partial charge >= 0.3 is 5.97 Å². The molecule has 7 atom stereocenters. The number of guanidine groups is 1. The van der Waals surface area contributed by atoms with Gasteiger partial charge in [-0.05, 0) is 43.7 Å². The molecule has 0 aliphatic heterocycles. The van der Waals surface area contributed by atoms with Crippen LogP contribution in [0.5, 0.6) is 0 Å². The number of rotatable bonds is 23. The number of fused-ring (bicyclic) bond motifs is 1. The second kappa shape index (κ2) is 22.5. The number of nitrogens with two attached hydrogens (primary N) is 3. The minimum Gasteiger partial charge on any atom is -0.480 e. The number of aliphatic carboxylic acids is 1. The Labute approximate surface area is 321 Å². The molecule has 2 rings (SSSR count). The fraction of sp³-hybridized carbons (Fsp3) is 0.529. The number of carboxylic acid groups (broad SMARTS) is 1. The Morgan fingerprint density at radius 1 is 0.786 bits per heavy atom. The van der Waals surface area contributed by atoms with Gasteiger partial charge in [0.25, 0.3) is 0 Å². The maximum atomic E-state index is 13.5. The number of amides is 6. The molecular weight excluding hydrogens is 738 g/mol. The van der Waals surface area contributed by atoms with Gasteiger partial charge < -0.3 is 74.5 Å². The van der Waals surface area contributed by atoms with Crippen LogP contribution in [0.1, 0.15) is 39.2 Å². The van der Waals surface area contributed by atoms with E-state index in [0.29, 0.717) is 0 Å². The Morgan fingerprint density at radius 3 is 1.96 bits per heavy atom. The van der Waals surface area contributed by atoms with Crippen LogP contribution < -0.4 is 49.1 Å². The van der Waals surface area contributed by atoms with E-state index >= 15 is 0 Å². The van der Waals surface area contributed by atoms with Gasteiger partial charge in [-0.3, -0.25) is 33.8 Å². The summed E-state index contributed by atoms with van der Waals surface area (Å²) in [4.78, 5) is 96.4. The number of aliphatic hydroxyl groups is 3. The van der Waals surface area contributed by atoms with E-state index in [9.17, 15) is 54.0 Å². The van der Waals surface area contributed by atoms with Crippen LogP contribution in [0.25, 0.3) is 10.9 Å². The zero-order chi connectivity index (χ0) is 42.1. The summed E-state index contributed by atoms with van der Waals surface area (Å²) in [6.45, 7) is 1.79. The average Bonchev–Trinajstić information content (AvgIpc) is 3.55. The minimum absolute atomic E-state index is 0.0256. The van der Waals surface area contributed by atoms with Crippen molar-refractivity contribution >= 4 is 58.3 Å². The fourth-order valence-electron chi connectivity index (χ4n) is 5.30. The molecule has 6 amide bonds. The van der Waals surface area contributed by atoms with Crippen molar-refractivity contribution < 1.29 is 54.0 Å². The van der Waals surface area contributed by atoms with Crippen LogP contribution in [-0.2, 0) is 40.0 Å². The first-order valence-electron chi connectivity index (χ1n) is 17.7. The molecule has 56 heavy (non-hydrogen) atoms. The third-order valence-corrected chi connectivity index (χ3v) is 8.39. The molecule has 1 heterocycles. The SMILES string of the molecule is CC(C)[C@H](NC(=O)[C@H](CCCN=C(N)N)NC(=O)[C@@H](NC(=O)[C@H](CO)NC(=O)CNC(=O)[C@@H](N)Cc1c[nH]c2ccccc12)[C@@H](C)O)C(=O)N[C@@H](CO)C(=O)O. The van der Waals surface area contributed by atoms with E-state index in [1.807, 2.05) is 24.3 Å². The highest BCUT2D eigenvalue weighted by atomic mass is 16.4. The summed E-state index contributed by atoms with van der Waals surface area (Å²) in [5, 5.41) is 53.5. The minimum atomic E-state index is -1.74. The molecule has 0 saturated heterocycles. The first kappa shape index (κ1) is 46.3. The lowest BCUT2D eigenvalue weighted by molar-refractivity contribution is -0.143. The summed E-state index contributed by atoms with van der Waals surface area (Å²) in [6, 6.07) is -1.39. The molecule has 0 radical (unpaired) electrons. The van der Waals surface area contributed by atoms with E-state index in [-0.39, 0.29) is 31.8 Å². The molecular formula is C34H53N11O11. The maximum absolute atomic E-state index is 13.5. The number of hydrogen-bond donors (Lipinski definition) is 14. The van der Waals surface area contributed by atoms with Gasteiger partial charge in [0.2, 0.25) is 35.4 Å². The first-order chi connectivity index (χ1) is 26.4. The highest BCUT2D eigenvalue weighted by Gasteiger charge is 2.34. The van der Waals surface area contributed by atoms with E-state index < -0.39 is 109 Å². The summed E-state index contributed by atoms with van der Waals surface area (Å²) in [6.07, 6.45) is 0.297. The average molecular weight is 792 g/mol. The summed E-state index contributed by atoms with van der Waals surface area (Å²) in [5.41, 5.74) is 18.4. The van der Waals surface area contributed by atoms with Crippen molar-refractivity contribution in [2.45, 2.75) is 82.4 Å². The molecule has 0 saturated carbocycles. The van der Waals surface area contributed by atoms with Crippen LogP contribution in [0.4, 0.5) is 0 Å². The van der Waals surface area contributed by atoms with Gasteiger partial charge in [0.05, 0.1) is 31.9 Å². The van der Waals surface area contributed by atoms with E-state index in [0.717, 1.165) is 23.4 Å². The second-order valence-electron chi connectivity index (χ2n) is 13.2. The Hall–Kier alpha value is -5.84. The Kier molecular flexibility index (Phi) is 18.6. The molecule has 0 unspecified atom stereocenters. The van der Waals surface area contributed by atoms with Crippen molar-refractivity contribution in [3.63, 3.8) is 0 Å². The number of aromatic amines is 1. The number of nitrogens with one attached hydrogen (secondary N) is 7. The zero-order valence-electron chi connectivity index (χ0n) is 31.3. The molecule has 0 aliphatic carbocycles. The molecule has 0 aliphatic rings. The predicted molar refractivity (Wildman–Crippen MR) is 201 cm³/mol. The summed E-state index contributed by atoms with van der Waals surface area (Å²) < 4.78 is 0. The largest absolute Gasteiger partial charge is 0.480 e. The molecule has 22 heteroatoms. The molecule has 17 N–H and O–H groups in total. The van der Waals surface area contributed by atoms with Crippen LogP contribution in [0.3, 0.4) is 0 Å². The zero-order valence-corrected chi connectivity index (χ0v) is 31.3. The number of aliphatic hydroxyl groups excluding tert-OH is 3. The highest BCUT2D eigenvalue weighted by Crippen LogP contribution is 2.18. The van der Waals surface area contributed by atoms with Gasteiger partial charge in [-0.15, -0.1) is 0 Å². The lowest BCUT2D eigenvalue weighted by Crippen LogP contribution is -2.62. The Balaban J connectivity index is 2.09. The van der Waals surface area contributed by atoms with E-state index in [1.54, 1.807) is 20.0 Å². The number of carbonyl (C=O) groups is 7. The van der Waals surface area contributed by atoms with Gasteiger partial charge in [-0.1, -0.05) is 32.0 Å². The molecule has 1 aromatic heterocycles. The van der Waals surface area contributed by atoms with Crippen LogP contribution in [0, 0.1) is 5.92 Å². The molecule has 22 nitrogen and oxygen atoms in total. The summed E-state index contributed by atoms with van der Waals surface area (Å²) in [7, 11) is 0. The van der Waals surface area contributed by atoms with E-state index in [1.165, 1.54) is 0 Å². The standard InChI is InChI=1S/C34H53N11O11/c1-16(2)26(31(53)43-24(15-47)33(55)56)44-29(51)22(9-6-10-38-34(36)37)42-32(54)27(17(3)48)45-30(52)23(14-46)41-25(49)13-40-28(50)20(35)11-18-12-39-21-8-5-4-7-19(18)21/h4-5,7-8,12,16-17,20,22-24,26-27,39,46-48H,6,9-11,13-15,35H2,1-3H3,(H,40,50)(H,41,49)(H,42,54)(H,43,53)(H,44,51)(H,45,52)(H,55,56)(H4,36,37,38)/t17-,20+,22+,23+,24+,26+,27+/m1/s1. The van der Waals surface area contributed by atoms with E-state index in [2.05, 4.69) is 41.9 Å². The van der Waals surface area contributed by atoms with Crippen molar-refractivity contribution in [3.05, 3.63) is 36.0 Å². The quantitative estimate of drug-likeness (QED) is 0.0284. The number of aromatic nitrogens is 1. The second-order valence-corrected chi connectivity index (χ2v) is 13.2. The predicted octanol–water partition coefficient (Wildman–Crippen LogP) is -5.26. The lowest BCUT2D eigenvalue weighted by Gasteiger charge is -2.28. The van der Waals surface area contributed by atoms with Gasteiger partial charge in [0.15, 0.2) is 5.96 Å². The number of hydrogen-bond acceptors (Lipinski definition) is 12. The van der Waals surface area contributed by atoms with Crippen molar-refractivity contribution in [2.24, 2.45) is 28.1 Å². The third kappa shape index (κ3) is 14.4. The fourth-order valence-corrected chi connectivity index (χ4v) is 5.30. The molecule has 0 fully saturated rings. The first-order valence-corrected chi connectivity index (χ1v) is 17.7. The number of carbonyl (C=O) groups excluding carboxylic acids is 6. The van der Waals surface area contributed by atoms with E-state index in [4.69, 9.17) is 17.2 Å². The number of para-hydroxylation sites is 1. The summed E-state index contributed by atoms with van der Waals surface area (Å²) in [5.74, 6) is -7.93. The number of nitrogens with zero attached hydrogens (tertiary/aromatic N) is 1. The highest BCUT2D eigenvalue weighted by molar-refractivity contribution is 5.97. The van der Waals surface area contributed by atoms with Gasteiger partial charge in [-0.2, -0.15) is 0 Å². The van der Waals surface area contributed by atoms with Crippen molar-refractivity contribution in [1.82, 2.24) is 36.9 Å². The topological polar surface area (TPSA) is 379 Å². The Bertz CT molecular complexity index is 1710. The molecule has 310 valence electrons. The monoisotopic (exact) mass is 791 g/mol. The number of carboxylic acids is 1. The van der Waals surface area contributed by atoms with Crippen molar-refractivity contribution in [1.29, 1.82) is 0 Å². The number of benzene rings is 1. The normalized spacial score (nSPS) is 14.9. The van der Waals surface area contributed by atoms with Crippen LogP contribution >= 0.6 is 0 Å². The molecule has 0 spiro atoms. The van der Waals surface area contributed by atoms with Crippen molar-refractivity contribution in [3.8, 4) is 0 Å². The van der Waals surface area contributed by atoms with Crippen LogP contribution in [0.2, 0.25) is 0 Å². The number of H-pyrrole nitrogens is 1. The smallest absolute Gasteiger partial charge is 0.328 e. The lowest BCUT2D eigenvalue weighted by atomic mass is 10.0. The summed E-state index contributed by atoms with van der Waals surface area (Å²) >= 11 is 0. The third-order valence-electron chi connectivity index (χ3n) is 8.39. The maximum Gasteiger partial charge on any atom is 0.328 e. The number of aliphatic imine (C=N–C) groups is 1. The van der Waals surface area contributed by atoms with Crippen LogP contribution in [0.15, 0.2) is 35.5 Å². The van der Waals surface area contributed by atoms with Gasteiger partial charge in [-0.25, -0.2) is 4.79 Å². The van der Waals surface area contributed by atoms with Crippen molar-refractivity contribution in [2.75, 3.05) is 26.3 Å². The van der Waals surface area contributed by atoms with Gasteiger partial charge in [0.1, 0.15) is 30.2 Å². The van der Waals surface area contributed by atoms with Gasteiger partial charge in [0, 0.05) is 23.6 Å². The Morgan fingerprint density at radius 2 is 1.38 bits per heavy atom. The van der Waals surface area contributed by atoms with Crippen LogP contribution in [-0.4, -0.2) is 141 Å². The molecule has 0 bridgehead atoms. The molecule has 1 aromatic carbocycles.